The summed E-state index contributed by atoms with van der Waals surface area (Å²) in [6.45, 7) is 5.59. The van der Waals surface area contributed by atoms with Gasteiger partial charge in [-0.1, -0.05) is 25.8 Å². The fourth-order valence-corrected chi connectivity index (χ4v) is 3.10. The van der Waals surface area contributed by atoms with Crippen molar-refractivity contribution in [2.24, 2.45) is 0 Å². The van der Waals surface area contributed by atoms with Crippen molar-refractivity contribution in [1.29, 1.82) is 0 Å². The van der Waals surface area contributed by atoms with E-state index in [0.717, 1.165) is 57.3 Å². The van der Waals surface area contributed by atoms with E-state index >= 15 is 0 Å². The largest absolute Gasteiger partial charge is 0.372 e. The first-order chi connectivity index (χ1) is 11.8. The van der Waals surface area contributed by atoms with Crippen LogP contribution in [0.1, 0.15) is 51.1 Å². The van der Waals surface area contributed by atoms with Gasteiger partial charge in [-0.25, -0.2) is 0 Å². The second-order valence-electron chi connectivity index (χ2n) is 6.44. The second-order valence-corrected chi connectivity index (χ2v) is 6.44. The summed E-state index contributed by atoms with van der Waals surface area (Å²) in [7, 11) is 0. The molecule has 1 aliphatic heterocycles. The van der Waals surface area contributed by atoms with Gasteiger partial charge in [0.2, 0.25) is 5.91 Å². The van der Waals surface area contributed by atoms with E-state index in [1.54, 1.807) is 6.20 Å². The van der Waals surface area contributed by atoms with Crippen molar-refractivity contribution in [3.63, 3.8) is 0 Å². The fourth-order valence-electron chi connectivity index (χ4n) is 3.10. The highest BCUT2D eigenvalue weighted by Gasteiger charge is 2.25. The molecule has 0 aromatic carbocycles. The highest BCUT2D eigenvalue weighted by Crippen LogP contribution is 2.16. The number of pyridine rings is 1. The number of aromatic nitrogens is 1. The lowest BCUT2D eigenvalue weighted by atomic mass is 10.1. The first-order valence-corrected chi connectivity index (χ1v) is 9.29. The number of amides is 1. The molecule has 1 amide bonds. The van der Waals surface area contributed by atoms with E-state index in [1.165, 1.54) is 0 Å². The summed E-state index contributed by atoms with van der Waals surface area (Å²) in [5.41, 5.74) is 0.939. The third-order valence-corrected chi connectivity index (χ3v) is 4.48. The molecule has 6 heteroatoms. The van der Waals surface area contributed by atoms with Gasteiger partial charge >= 0.3 is 0 Å². The molecule has 142 valence electrons. The van der Waals surface area contributed by atoms with Crippen LogP contribution in [-0.2, 0) is 16.1 Å². The number of nitrogens with one attached hydrogen (secondary N) is 1. The SMILES string of the molecule is CCCCCOCC(=O)N(Cc1ccccn1)C1CCCNCC1.Cl. The van der Waals surface area contributed by atoms with Crippen molar-refractivity contribution in [3.8, 4) is 0 Å². The highest BCUT2D eigenvalue weighted by molar-refractivity contribution is 5.85. The molecule has 0 saturated carbocycles. The highest BCUT2D eigenvalue weighted by atomic mass is 35.5. The lowest BCUT2D eigenvalue weighted by Crippen LogP contribution is -2.42. The number of ether oxygens (including phenoxy) is 1. The molecule has 0 spiro atoms. The zero-order valence-corrected chi connectivity index (χ0v) is 16.1. The van der Waals surface area contributed by atoms with E-state index in [1.807, 2.05) is 23.1 Å². The predicted molar refractivity (Wildman–Crippen MR) is 103 cm³/mol. The number of hydrogen-bond acceptors (Lipinski definition) is 4. The van der Waals surface area contributed by atoms with E-state index in [2.05, 4.69) is 17.2 Å². The van der Waals surface area contributed by atoms with Crippen LogP contribution in [-0.4, -0.2) is 48.1 Å². The monoisotopic (exact) mass is 369 g/mol. The maximum absolute atomic E-state index is 12.7. The molecule has 2 heterocycles. The summed E-state index contributed by atoms with van der Waals surface area (Å²) >= 11 is 0. The summed E-state index contributed by atoms with van der Waals surface area (Å²) < 4.78 is 5.61. The van der Waals surface area contributed by atoms with Crippen molar-refractivity contribution in [2.75, 3.05) is 26.3 Å². The molecular formula is C19H32ClN3O2. The molecule has 1 aliphatic rings. The van der Waals surface area contributed by atoms with Crippen LogP contribution in [0.3, 0.4) is 0 Å². The van der Waals surface area contributed by atoms with E-state index in [0.29, 0.717) is 13.2 Å². The summed E-state index contributed by atoms with van der Waals surface area (Å²) in [6, 6.07) is 6.13. The molecule has 1 atom stereocenters. The summed E-state index contributed by atoms with van der Waals surface area (Å²) in [5.74, 6) is 0.0871. The van der Waals surface area contributed by atoms with Crippen molar-refractivity contribution in [1.82, 2.24) is 15.2 Å². The Morgan fingerprint density at radius 3 is 2.96 bits per heavy atom. The van der Waals surface area contributed by atoms with Crippen LogP contribution in [0.15, 0.2) is 24.4 Å². The van der Waals surface area contributed by atoms with Gasteiger partial charge in [0.05, 0.1) is 12.2 Å². The van der Waals surface area contributed by atoms with Crippen molar-refractivity contribution in [3.05, 3.63) is 30.1 Å². The first-order valence-electron chi connectivity index (χ1n) is 9.29. The van der Waals surface area contributed by atoms with Crippen LogP contribution >= 0.6 is 12.4 Å². The molecular weight excluding hydrogens is 338 g/mol. The van der Waals surface area contributed by atoms with Crippen molar-refractivity contribution < 1.29 is 9.53 Å². The van der Waals surface area contributed by atoms with E-state index in [9.17, 15) is 4.79 Å². The number of carbonyl (C=O) groups excluding carboxylic acids is 1. The molecule has 1 saturated heterocycles. The lowest BCUT2D eigenvalue weighted by molar-refractivity contribution is -0.139. The predicted octanol–water partition coefficient (Wildman–Crippen LogP) is 3.18. The quantitative estimate of drug-likeness (QED) is 0.679. The number of nitrogens with zero attached hydrogens (tertiary/aromatic N) is 2. The van der Waals surface area contributed by atoms with Gasteiger partial charge in [-0.05, 0) is 50.9 Å². The van der Waals surface area contributed by atoms with Crippen LogP contribution < -0.4 is 5.32 Å². The Balaban J connectivity index is 0.00000312. The maximum atomic E-state index is 12.7. The van der Waals surface area contributed by atoms with Crippen LogP contribution in [0.5, 0.6) is 0 Å². The number of hydrogen-bond donors (Lipinski definition) is 1. The Labute approximate surface area is 157 Å². The Kier molecular flexibility index (Phi) is 11.5. The minimum Gasteiger partial charge on any atom is -0.372 e. The summed E-state index contributed by atoms with van der Waals surface area (Å²) in [4.78, 5) is 19.1. The zero-order chi connectivity index (χ0) is 17.0. The lowest BCUT2D eigenvalue weighted by Gasteiger charge is -2.31. The molecule has 1 aromatic heterocycles. The molecule has 1 fully saturated rings. The van der Waals surface area contributed by atoms with Gasteiger partial charge in [-0.15, -0.1) is 12.4 Å². The van der Waals surface area contributed by atoms with E-state index < -0.39 is 0 Å². The second kappa shape index (κ2) is 13.1. The molecule has 0 aliphatic carbocycles. The van der Waals surface area contributed by atoms with Gasteiger partial charge < -0.3 is 15.0 Å². The minimum atomic E-state index is 0. The third kappa shape index (κ3) is 8.17. The number of unbranched alkanes of at least 4 members (excludes halogenated alkanes) is 2. The van der Waals surface area contributed by atoms with Gasteiger partial charge in [-0.3, -0.25) is 9.78 Å². The van der Waals surface area contributed by atoms with Gasteiger partial charge in [0.1, 0.15) is 6.61 Å². The molecule has 1 unspecified atom stereocenters. The zero-order valence-electron chi connectivity index (χ0n) is 15.3. The fraction of sp³-hybridized carbons (Fsp3) is 0.684. The molecule has 1 aromatic rings. The normalized spacial score (nSPS) is 17.4. The van der Waals surface area contributed by atoms with Crippen molar-refractivity contribution >= 4 is 18.3 Å². The minimum absolute atomic E-state index is 0. The standard InChI is InChI=1S/C19H31N3O2.ClH/c1-2-3-6-14-24-16-19(23)22(15-17-8-4-5-12-21-17)18-9-7-11-20-13-10-18;/h4-5,8,12,18,20H,2-3,6-7,9-11,13-16H2,1H3;1H. The van der Waals surface area contributed by atoms with Gasteiger partial charge in [0, 0.05) is 18.8 Å². The smallest absolute Gasteiger partial charge is 0.249 e. The molecule has 5 nitrogen and oxygen atoms in total. The molecule has 25 heavy (non-hydrogen) atoms. The topological polar surface area (TPSA) is 54.5 Å². The summed E-state index contributed by atoms with van der Waals surface area (Å²) in [6.07, 6.45) is 8.27. The average molecular weight is 370 g/mol. The Morgan fingerprint density at radius 2 is 2.20 bits per heavy atom. The van der Waals surface area contributed by atoms with E-state index in [-0.39, 0.29) is 31.0 Å². The first kappa shape index (κ1) is 21.9. The number of carbonyl (C=O) groups is 1. The molecule has 0 bridgehead atoms. The van der Waals surface area contributed by atoms with Crippen LogP contribution in [0, 0.1) is 0 Å². The number of halogens is 1. The van der Waals surface area contributed by atoms with Gasteiger partial charge in [-0.2, -0.15) is 0 Å². The molecule has 0 radical (unpaired) electrons. The molecule has 2 rings (SSSR count). The third-order valence-electron chi connectivity index (χ3n) is 4.48. The Hall–Kier alpha value is -1.17. The van der Waals surface area contributed by atoms with Crippen LogP contribution in [0.25, 0.3) is 0 Å². The maximum Gasteiger partial charge on any atom is 0.249 e. The summed E-state index contributed by atoms with van der Waals surface area (Å²) in [5, 5.41) is 3.42. The van der Waals surface area contributed by atoms with Crippen molar-refractivity contribution in [2.45, 2.75) is 58.0 Å². The molecule has 1 N–H and O–H groups in total. The Morgan fingerprint density at radius 1 is 1.32 bits per heavy atom. The van der Waals surface area contributed by atoms with E-state index in [4.69, 9.17) is 4.74 Å². The Bertz CT molecular complexity index is 465. The van der Waals surface area contributed by atoms with Gasteiger partial charge in [0.25, 0.3) is 0 Å². The van der Waals surface area contributed by atoms with Crippen LogP contribution in [0.4, 0.5) is 0 Å². The average Bonchev–Trinajstić information content (AvgIpc) is 2.89. The van der Waals surface area contributed by atoms with Gasteiger partial charge in [0.15, 0.2) is 0 Å². The van der Waals surface area contributed by atoms with Crippen LogP contribution in [0.2, 0.25) is 0 Å². The number of rotatable bonds is 9.